The van der Waals surface area contributed by atoms with Gasteiger partial charge in [-0.05, 0) is 31.0 Å². The van der Waals surface area contributed by atoms with E-state index in [1.165, 1.54) is 0 Å². The number of urea groups is 1. The average Bonchev–Trinajstić information content (AvgIpc) is 3.15. The first-order valence-corrected chi connectivity index (χ1v) is 7.15. The van der Waals surface area contributed by atoms with Gasteiger partial charge in [0.15, 0.2) is 0 Å². The van der Waals surface area contributed by atoms with Crippen LogP contribution in [0.3, 0.4) is 0 Å². The second kappa shape index (κ2) is 6.30. The number of nitrogens with one attached hydrogen (secondary N) is 3. The molecule has 1 aromatic heterocycles. The second-order valence-corrected chi connectivity index (χ2v) is 5.12. The van der Waals surface area contributed by atoms with Gasteiger partial charge in [-0.3, -0.25) is 4.79 Å². The Bertz CT molecular complexity index is 664. The minimum atomic E-state index is -0.425. The van der Waals surface area contributed by atoms with Crippen LogP contribution in [0.1, 0.15) is 12.8 Å². The maximum absolute atomic E-state index is 11.9. The van der Waals surface area contributed by atoms with Gasteiger partial charge in [0.05, 0.1) is 17.9 Å². The van der Waals surface area contributed by atoms with Crippen LogP contribution in [0.5, 0.6) is 0 Å². The molecule has 22 heavy (non-hydrogen) atoms. The molecule has 3 amide bonds. The summed E-state index contributed by atoms with van der Waals surface area (Å²) in [4.78, 5) is 23.4. The van der Waals surface area contributed by atoms with E-state index in [2.05, 4.69) is 21.0 Å². The number of rotatable bonds is 5. The number of hydrogen-bond donors (Lipinski definition) is 3. The Hall–Kier alpha value is -2.83. The zero-order valence-corrected chi connectivity index (χ0v) is 12.0. The van der Waals surface area contributed by atoms with Gasteiger partial charge in [-0.1, -0.05) is 12.1 Å². The molecule has 1 aliphatic rings. The highest BCUT2D eigenvalue weighted by atomic mass is 16.2. The predicted molar refractivity (Wildman–Crippen MR) is 81.8 cm³/mol. The van der Waals surface area contributed by atoms with Crippen LogP contribution in [0, 0.1) is 0 Å². The second-order valence-electron chi connectivity index (χ2n) is 5.12. The van der Waals surface area contributed by atoms with Crippen molar-refractivity contribution in [3.8, 4) is 5.69 Å². The van der Waals surface area contributed by atoms with E-state index in [9.17, 15) is 9.59 Å². The number of aromatic nitrogens is 2. The van der Waals surface area contributed by atoms with Crippen LogP contribution >= 0.6 is 0 Å². The van der Waals surface area contributed by atoms with Crippen molar-refractivity contribution in [1.29, 1.82) is 0 Å². The molecule has 1 aliphatic carbocycles. The number of benzene rings is 1. The lowest BCUT2D eigenvalue weighted by Gasteiger charge is -2.12. The van der Waals surface area contributed by atoms with Crippen LogP contribution in [0.2, 0.25) is 0 Å². The van der Waals surface area contributed by atoms with Crippen LogP contribution in [0.25, 0.3) is 5.69 Å². The van der Waals surface area contributed by atoms with Crippen molar-refractivity contribution in [2.45, 2.75) is 18.9 Å². The van der Waals surface area contributed by atoms with Crippen molar-refractivity contribution < 1.29 is 9.59 Å². The van der Waals surface area contributed by atoms with Gasteiger partial charge >= 0.3 is 6.03 Å². The molecule has 1 saturated carbocycles. The van der Waals surface area contributed by atoms with Crippen LogP contribution in [-0.4, -0.2) is 34.3 Å². The maximum atomic E-state index is 11.9. The van der Waals surface area contributed by atoms with Crippen molar-refractivity contribution in [3.05, 3.63) is 42.7 Å². The summed E-state index contributed by atoms with van der Waals surface area (Å²) in [6.45, 7) is -0.0354. The highest BCUT2D eigenvalue weighted by molar-refractivity contribution is 5.94. The molecule has 1 aromatic carbocycles. The third kappa shape index (κ3) is 3.63. The molecule has 0 aliphatic heterocycles. The van der Waals surface area contributed by atoms with Crippen molar-refractivity contribution in [2.75, 3.05) is 11.9 Å². The Balaban J connectivity index is 1.58. The molecule has 3 N–H and O–H groups in total. The summed E-state index contributed by atoms with van der Waals surface area (Å²) in [5, 5.41) is 12.2. The number of hydrogen-bond acceptors (Lipinski definition) is 3. The molecule has 0 unspecified atom stereocenters. The van der Waals surface area contributed by atoms with E-state index >= 15 is 0 Å². The van der Waals surface area contributed by atoms with Crippen molar-refractivity contribution in [2.24, 2.45) is 0 Å². The molecule has 1 heterocycles. The van der Waals surface area contributed by atoms with Gasteiger partial charge in [0.25, 0.3) is 0 Å². The van der Waals surface area contributed by atoms with E-state index in [1.54, 1.807) is 29.2 Å². The van der Waals surface area contributed by atoms with Crippen LogP contribution in [0.15, 0.2) is 42.7 Å². The monoisotopic (exact) mass is 299 g/mol. The van der Waals surface area contributed by atoms with Crippen LogP contribution in [0.4, 0.5) is 10.5 Å². The van der Waals surface area contributed by atoms with Crippen molar-refractivity contribution >= 4 is 17.6 Å². The first-order valence-electron chi connectivity index (χ1n) is 7.15. The van der Waals surface area contributed by atoms with E-state index in [-0.39, 0.29) is 18.5 Å². The molecule has 0 bridgehead atoms. The number of nitrogens with zero attached hydrogens (tertiary/aromatic N) is 2. The normalized spacial score (nSPS) is 13.5. The number of amides is 3. The van der Waals surface area contributed by atoms with Gasteiger partial charge in [0.2, 0.25) is 5.91 Å². The van der Waals surface area contributed by atoms with Gasteiger partial charge in [-0.15, -0.1) is 0 Å². The fourth-order valence-corrected chi connectivity index (χ4v) is 2.02. The molecule has 114 valence electrons. The Morgan fingerprint density at radius 2 is 2.05 bits per heavy atom. The Labute approximate surface area is 127 Å². The molecular formula is C15H17N5O2. The zero-order valence-electron chi connectivity index (χ0n) is 12.0. The van der Waals surface area contributed by atoms with Crippen molar-refractivity contribution in [1.82, 2.24) is 20.4 Å². The van der Waals surface area contributed by atoms with Gasteiger partial charge in [0.1, 0.15) is 0 Å². The first kappa shape index (κ1) is 14.1. The highest BCUT2D eigenvalue weighted by Crippen LogP contribution is 2.19. The summed E-state index contributed by atoms with van der Waals surface area (Å²) in [6.07, 6.45) is 5.50. The number of carbonyl (C=O) groups is 2. The molecule has 2 aromatic rings. The topological polar surface area (TPSA) is 88.1 Å². The summed E-state index contributed by atoms with van der Waals surface area (Å²) in [5.41, 5.74) is 1.37. The molecule has 0 atom stereocenters. The largest absolute Gasteiger partial charge is 0.352 e. The summed E-state index contributed by atoms with van der Waals surface area (Å²) in [5.74, 6) is -0.169. The predicted octanol–water partition coefficient (Wildman–Crippen LogP) is 1.27. The van der Waals surface area contributed by atoms with E-state index in [1.807, 2.05) is 18.2 Å². The molecule has 3 rings (SSSR count). The van der Waals surface area contributed by atoms with Crippen molar-refractivity contribution in [3.63, 3.8) is 0 Å². The minimum absolute atomic E-state index is 0.0354. The third-order valence-electron chi connectivity index (χ3n) is 3.26. The molecular weight excluding hydrogens is 282 g/mol. The first-order chi connectivity index (χ1) is 10.7. The lowest BCUT2D eigenvalue weighted by Crippen LogP contribution is -2.39. The number of para-hydroxylation sites is 2. The van der Waals surface area contributed by atoms with Gasteiger partial charge in [0, 0.05) is 18.4 Å². The van der Waals surface area contributed by atoms with E-state index < -0.39 is 6.03 Å². The maximum Gasteiger partial charge on any atom is 0.319 e. The summed E-state index contributed by atoms with van der Waals surface area (Å²) in [6, 6.07) is 8.98. The fraction of sp³-hybridized carbons (Fsp3) is 0.267. The third-order valence-corrected chi connectivity index (χ3v) is 3.26. The van der Waals surface area contributed by atoms with Crippen LogP contribution < -0.4 is 16.0 Å². The van der Waals surface area contributed by atoms with Gasteiger partial charge < -0.3 is 16.0 Å². The lowest BCUT2D eigenvalue weighted by molar-refractivity contribution is -0.120. The lowest BCUT2D eigenvalue weighted by atomic mass is 10.2. The smallest absolute Gasteiger partial charge is 0.319 e. The SMILES string of the molecule is O=C(CNC(=O)Nc1ccccc1-n1cccn1)NC1CC1. The molecule has 1 fully saturated rings. The van der Waals surface area contributed by atoms with Gasteiger partial charge in [-0.2, -0.15) is 5.10 Å². The zero-order chi connectivity index (χ0) is 15.4. The molecule has 0 saturated heterocycles. The molecule has 7 nitrogen and oxygen atoms in total. The Kier molecular flexibility index (Phi) is 4.04. The van der Waals surface area contributed by atoms with E-state index in [0.717, 1.165) is 18.5 Å². The summed E-state index contributed by atoms with van der Waals surface area (Å²) < 4.78 is 1.66. The molecule has 7 heteroatoms. The molecule has 0 spiro atoms. The number of carbonyl (C=O) groups excluding carboxylic acids is 2. The summed E-state index contributed by atoms with van der Waals surface area (Å²) >= 11 is 0. The number of anilines is 1. The molecule has 0 radical (unpaired) electrons. The average molecular weight is 299 g/mol. The minimum Gasteiger partial charge on any atom is -0.352 e. The Morgan fingerprint density at radius 3 is 2.77 bits per heavy atom. The highest BCUT2D eigenvalue weighted by Gasteiger charge is 2.23. The summed E-state index contributed by atoms with van der Waals surface area (Å²) in [7, 11) is 0. The quantitative estimate of drug-likeness (QED) is 0.777. The Morgan fingerprint density at radius 1 is 1.23 bits per heavy atom. The standard InChI is InChI=1S/C15H17N5O2/c21-14(18-11-6-7-11)10-16-15(22)19-12-4-1-2-5-13(12)20-9-3-8-17-20/h1-5,8-9,11H,6-7,10H2,(H,18,21)(H2,16,19,22). The fourth-order valence-electron chi connectivity index (χ4n) is 2.02. The van der Waals surface area contributed by atoms with Gasteiger partial charge in [-0.25, -0.2) is 9.48 Å². The van der Waals surface area contributed by atoms with Crippen LogP contribution in [-0.2, 0) is 4.79 Å². The van der Waals surface area contributed by atoms with E-state index in [4.69, 9.17) is 0 Å². The van der Waals surface area contributed by atoms with E-state index in [0.29, 0.717) is 5.69 Å².